The standard InChI is InChI=1S/C14H22N2O4/c1-19-12-4-3-11(9-13(12)20-2)5-6-16-14(18)10-15-7-8-17/h3-4,9,15,17H,5-8,10H2,1-2H3,(H,16,18). The van der Waals surface area contributed by atoms with Crippen molar-refractivity contribution in [3.8, 4) is 11.5 Å². The van der Waals surface area contributed by atoms with Crippen molar-refractivity contribution in [3.05, 3.63) is 23.8 Å². The third-order valence-electron chi connectivity index (χ3n) is 2.76. The number of aliphatic hydroxyl groups is 1. The summed E-state index contributed by atoms with van der Waals surface area (Å²) in [6.07, 6.45) is 0.714. The molecule has 0 aliphatic rings. The van der Waals surface area contributed by atoms with Gasteiger partial charge in [-0.3, -0.25) is 4.79 Å². The van der Waals surface area contributed by atoms with Gasteiger partial charge in [0.15, 0.2) is 11.5 Å². The molecular formula is C14H22N2O4. The van der Waals surface area contributed by atoms with Gasteiger partial charge in [0.1, 0.15) is 0 Å². The summed E-state index contributed by atoms with van der Waals surface area (Å²) in [6, 6.07) is 5.69. The van der Waals surface area contributed by atoms with Gasteiger partial charge in [0, 0.05) is 13.1 Å². The van der Waals surface area contributed by atoms with Crippen LogP contribution in [0, 0.1) is 0 Å². The monoisotopic (exact) mass is 282 g/mol. The van der Waals surface area contributed by atoms with Gasteiger partial charge in [-0.2, -0.15) is 0 Å². The summed E-state index contributed by atoms with van der Waals surface area (Å²) >= 11 is 0. The van der Waals surface area contributed by atoms with Crippen LogP contribution in [0.3, 0.4) is 0 Å². The van der Waals surface area contributed by atoms with Gasteiger partial charge in [-0.05, 0) is 24.1 Å². The molecule has 0 unspecified atom stereocenters. The SMILES string of the molecule is COc1ccc(CCNC(=O)CNCCO)cc1OC. The molecule has 0 spiro atoms. The number of ether oxygens (including phenoxy) is 2. The van der Waals surface area contributed by atoms with E-state index in [1.807, 2.05) is 18.2 Å². The molecular weight excluding hydrogens is 260 g/mol. The number of aliphatic hydroxyl groups excluding tert-OH is 1. The van der Waals surface area contributed by atoms with Crippen LogP contribution in [0.15, 0.2) is 18.2 Å². The van der Waals surface area contributed by atoms with Gasteiger partial charge in [0.25, 0.3) is 0 Å². The maximum atomic E-state index is 11.4. The topological polar surface area (TPSA) is 79.8 Å². The molecule has 20 heavy (non-hydrogen) atoms. The second-order valence-corrected chi connectivity index (χ2v) is 4.19. The van der Waals surface area contributed by atoms with E-state index in [1.165, 1.54) is 0 Å². The fourth-order valence-electron chi connectivity index (χ4n) is 1.73. The number of hydrogen-bond donors (Lipinski definition) is 3. The van der Waals surface area contributed by atoms with Crippen molar-refractivity contribution < 1.29 is 19.4 Å². The summed E-state index contributed by atoms with van der Waals surface area (Å²) in [7, 11) is 3.19. The van der Waals surface area contributed by atoms with E-state index >= 15 is 0 Å². The third-order valence-corrected chi connectivity index (χ3v) is 2.76. The zero-order valence-electron chi connectivity index (χ0n) is 11.9. The number of amides is 1. The van der Waals surface area contributed by atoms with Crippen molar-refractivity contribution in [1.82, 2.24) is 10.6 Å². The van der Waals surface area contributed by atoms with Crippen LogP contribution in [0.4, 0.5) is 0 Å². The Morgan fingerprint density at radius 2 is 1.95 bits per heavy atom. The van der Waals surface area contributed by atoms with E-state index in [4.69, 9.17) is 14.6 Å². The van der Waals surface area contributed by atoms with E-state index < -0.39 is 0 Å². The van der Waals surface area contributed by atoms with E-state index in [9.17, 15) is 4.79 Å². The minimum absolute atomic E-state index is 0.0267. The fraction of sp³-hybridized carbons (Fsp3) is 0.500. The number of hydrogen-bond acceptors (Lipinski definition) is 5. The first-order valence-electron chi connectivity index (χ1n) is 6.50. The highest BCUT2D eigenvalue weighted by molar-refractivity contribution is 5.77. The highest BCUT2D eigenvalue weighted by Crippen LogP contribution is 2.27. The number of carbonyl (C=O) groups is 1. The lowest BCUT2D eigenvalue weighted by molar-refractivity contribution is -0.120. The van der Waals surface area contributed by atoms with Crippen LogP contribution in [0.2, 0.25) is 0 Å². The van der Waals surface area contributed by atoms with Crippen LogP contribution in [-0.4, -0.2) is 51.5 Å². The molecule has 112 valence electrons. The van der Waals surface area contributed by atoms with Gasteiger partial charge in [0.05, 0.1) is 27.4 Å². The average Bonchev–Trinajstić information content (AvgIpc) is 2.47. The minimum Gasteiger partial charge on any atom is -0.493 e. The predicted molar refractivity (Wildman–Crippen MR) is 76.2 cm³/mol. The Labute approximate surface area is 119 Å². The first kappa shape index (κ1) is 16.3. The Balaban J connectivity index is 2.36. The number of methoxy groups -OCH3 is 2. The number of benzene rings is 1. The van der Waals surface area contributed by atoms with Crippen molar-refractivity contribution in [2.45, 2.75) is 6.42 Å². The number of carbonyl (C=O) groups excluding carboxylic acids is 1. The van der Waals surface area contributed by atoms with Crippen molar-refractivity contribution in [2.75, 3.05) is 40.5 Å². The van der Waals surface area contributed by atoms with E-state index in [0.717, 1.165) is 5.56 Å². The summed E-state index contributed by atoms with van der Waals surface area (Å²) in [4.78, 5) is 11.4. The highest BCUT2D eigenvalue weighted by Gasteiger charge is 2.05. The molecule has 0 aromatic heterocycles. The summed E-state index contributed by atoms with van der Waals surface area (Å²) in [5.74, 6) is 1.29. The molecule has 1 aromatic rings. The molecule has 0 saturated heterocycles. The molecule has 3 N–H and O–H groups in total. The fourth-order valence-corrected chi connectivity index (χ4v) is 1.73. The molecule has 0 bridgehead atoms. The molecule has 0 aliphatic carbocycles. The molecule has 0 saturated carbocycles. The van der Waals surface area contributed by atoms with Crippen LogP contribution in [0.25, 0.3) is 0 Å². The van der Waals surface area contributed by atoms with Crippen molar-refractivity contribution >= 4 is 5.91 Å². The molecule has 6 heteroatoms. The smallest absolute Gasteiger partial charge is 0.233 e. The Morgan fingerprint density at radius 1 is 1.20 bits per heavy atom. The van der Waals surface area contributed by atoms with Gasteiger partial charge in [-0.15, -0.1) is 0 Å². The van der Waals surface area contributed by atoms with E-state index in [1.54, 1.807) is 14.2 Å². The zero-order chi connectivity index (χ0) is 14.8. The van der Waals surface area contributed by atoms with Crippen molar-refractivity contribution in [2.24, 2.45) is 0 Å². The predicted octanol–water partition coefficient (Wildman–Crippen LogP) is -0.0556. The second-order valence-electron chi connectivity index (χ2n) is 4.19. The van der Waals surface area contributed by atoms with Crippen molar-refractivity contribution in [1.29, 1.82) is 0 Å². The van der Waals surface area contributed by atoms with Gasteiger partial charge < -0.3 is 25.2 Å². The Morgan fingerprint density at radius 3 is 2.60 bits per heavy atom. The van der Waals surface area contributed by atoms with Gasteiger partial charge in [-0.1, -0.05) is 6.07 Å². The molecule has 0 fully saturated rings. The molecule has 0 aliphatic heterocycles. The van der Waals surface area contributed by atoms with E-state index in [0.29, 0.717) is 31.0 Å². The van der Waals surface area contributed by atoms with Gasteiger partial charge in [-0.25, -0.2) is 0 Å². The summed E-state index contributed by atoms with van der Waals surface area (Å²) in [5, 5.41) is 14.2. The van der Waals surface area contributed by atoms with Gasteiger partial charge in [0.2, 0.25) is 5.91 Å². The van der Waals surface area contributed by atoms with Crippen LogP contribution in [0.1, 0.15) is 5.56 Å². The Hall–Kier alpha value is -1.79. The lowest BCUT2D eigenvalue weighted by Crippen LogP contribution is -2.35. The Bertz CT molecular complexity index is 424. The molecule has 0 atom stereocenters. The van der Waals surface area contributed by atoms with Crippen LogP contribution < -0.4 is 20.1 Å². The lowest BCUT2D eigenvalue weighted by atomic mass is 10.1. The molecule has 1 rings (SSSR count). The normalized spacial score (nSPS) is 10.2. The largest absolute Gasteiger partial charge is 0.493 e. The van der Waals surface area contributed by atoms with E-state index in [2.05, 4.69) is 10.6 Å². The van der Waals surface area contributed by atoms with Crippen LogP contribution in [-0.2, 0) is 11.2 Å². The van der Waals surface area contributed by atoms with Crippen LogP contribution >= 0.6 is 0 Å². The lowest BCUT2D eigenvalue weighted by Gasteiger charge is -2.10. The molecule has 1 amide bonds. The van der Waals surface area contributed by atoms with Crippen LogP contribution in [0.5, 0.6) is 11.5 Å². The summed E-state index contributed by atoms with van der Waals surface area (Å²) in [6.45, 7) is 1.21. The van der Waals surface area contributed by atoms with E-state index in [-0.39, 0.29) is 19.1 Å². The van der Waals surface area contributed by atoms with Crippen molar-refractivity contribution in [3.63, 3.8) is 0 Å². The molecule has 0 radical (unpaired) electrons. The highest BCUT2D eigenvalue weighted by atomic mass is 16.5. The molecule has 0 heterocycles. The number of rotatable bonds is 9. The quantitative estimate of drug-likeness (QED) is 0.553. The maximum Gasteiger partial charge on any atom is 0.233 e. The zero-order valence-corrected chi connectivity index (χ0v) is 11.9. The average molecular weight is 282 g/mol. The van der Waals surface area contributed by atoms with Gasteiger partial charge >= 0.3 is 0 Å². The second kappa shape index (κ2) is 9.17. The Kier molecular flexibility index (Phi) is 7.46. The summed E-state index contributed by atoms with van der Waals surface area (Å²) < 4.78 is 10.4. The molecule has 6 nitrogen and oxygen atoms in total. The third kappa shape index (κ3) is 5.46. The maximum absolute atomic E-state index is 11.4. The first-order valence-corrected chi connectivity index (χ1v) is 6.50. The first-order chi connectivity index (χ1) is 9.71. The minimum atomic E-state index is -0.0843. The summed E-state index contributed by atoms with van der Waals surface area (Å²) in [5.41, 5.74) is 1.06. The molecule has 1 aromatic carbocycles. The number of nitrogens with one attached hydrogen (secondary N) is 2.